The molecular weight excluding hydrogens is 226 g/mol. The predicted octanol–water partition coefficient (Wildman–Crippen LogP) is 2.74. The number of methoxy groups -OCH3 is 1. The second-order valence-corrected chi connectivity index (χ2v) is 4.28. The molecule has 1 atom stereocenters. The SMILES string of the molecule is CO[C@H](C)c1nc(N)cc(-c2ccc(C)cc2)n1. The van der Waals surface area contributed by atoms with Crippen LogP contribution in [0.4, 0.5) is 5.82 Å². The lowest BCUT2D eigenvalue weighted by atomic mass is 10.1. The Labute approximate surface area is 107 Å². The Balaban J connectivity index is 2.44. The van der Waals surface area contributed by atoms with Crippen molar-refractivity contribution >= 4 is 5.82 Å². The highest BCUT2D eigenvalue weighted by Crippen LogP contribution is 2.22. The molecule has 0 aliphatic heterocycles. The van der Waals surface area contributed by atoms with Crippen molar-refractivity contribution in [1.29, 1.82) is 0 Å². The predicted molar refractivity (Wildman–Crippen MR) is 72.0 cm³/mol. The number of anilines is 1. The number of nitrogen functional groups attached to an aromatic ring is 1. The van der Waals surface area contributed by atoms with Crippen molar-refractivity contribution in [2.45, 2.75) is 20.0 Å². The average molecular weight is 243 g/mol. The Kier molecular flexibility index (Phi) is 3.58. The van der Waals surface area contributed by atoms with Crippen molar-refractivity contribution in [1.82, 2.24) is 9.97 Å². The Bertz CT molecular complexity index is 537. The molecule has 0 bridgehead atoms. The molecule has 0 fully saturated rings. The zero-order chi connectivity index (χ0) is 13.1. The smallest absolute Gasteiger partial charge is 0.159 e. The van der Waals surface area contributed by atoms with Gasteiger partial charge in [-0.25, -0.2) is 9.97 Å². The molecule has 0 saturated heterocycles. The van der Waals surface area contributed by atoms with E-state index in [0.29, 0.717) is 11.6 Å². The van der Waals surface area contributed by atoms with Crippen molar-refractivity contribution in [2.75, 3.05) is 12.8 Å². The molecule has 1 aromatic heterocycles. The molecule has 0 saturated carbocycles. The minimum Gasteiger partial charge on any atom is -0.384 e. The van der Waals surface area contributed by atoms with Crippen molar-refractivity contribution in [2.24, 2.45) is 0 Å². The molecule has 4 nitrogen and oxygen atoms in total. The van der Waals surface area contributed by atoms with E-state index in [1.54, 1.807) is 13.2 Å². The largest absolute Gasteiger partial charge is 0.384 e. The van der Waals surface area contributed by atoms with Crippen molar-refractivity contribution in [3.8, 4) is 11.3 Å². The van der Waals surface area contributed by atoms with Gasteiger partial charge in [0.15, 0.2) is 5.82 Å². The molecule has 0 aliphatic rings. The number of hydrogen-bond donors (Lipinski definition) is 1. The van der Waals surface area contributed by atoms with Gasteiger partial charge in [0.05, 0.1) is 5.69 Å². The van der Waals surface area contributed by atoms with Crippen LogP contribution in [0.15, 0.2) is 30.3 Å². The summed E-state index contributed by atoms with van der Waals surface area (Å²) in [5, 5.41) is 0. The van der Waals surface area contributed by atoms with Crippen LogP contribution in [0, 0.1) is 6.92 Å². The lowest BCUT2D eigenvalue weighted by Crippen LogP contribution is -2.06. The van der Waals surface area contributed by atoms with E-state index in [2.05, 4.69) is 16.9 Å². The van der Waals surface area contributed by atoms with Crippen LogP contribution in [-0.4, -0.2) is 17.1 Å². The Hall–Kier alpha value is -1.94. The minimum atomic E-state index is -0.169. The molecular formula is C14H17N3O. The molecule has 2 N–H and O–H groups in total. The van der Waals surface area contributed by atoms with Crippen LogP contribution in [0.2, 0.25) is 0 Å². The summed E-state index contributed by atoms with van der Waals surface area (Å²) in [7, 11) is 1.63. The average Bonchev–Trinajstić information content (AvgIpc) is 2.38. The van der Waals surface area contributed by atoms with Gasteiger partial charge in [-0.3, -0.25) is 0 Å². The quantitative estimate of drug-likeness (QED) is 0.900. The van der Waals surface area contributed by atoms with Gasteiger partial charge in [-0.1, -0.05) is 29.8 Å². The second kappa shape index (κ2) is 5.14. The molecule has 1 heterocycles. The monoisotopic (exact) mass is 243 g/mol. The summed E-state index contributed by atoms with van der Waals surface area (Å²) in [4.78, 5) is 8.68. The molecule has 1 aromatic carbocycles. The van der Waals surface area contributed by atoms with Crippen molar-refractivity contribution < 1.29 is 4.74 Å². The van der Waals surface area contributed by atoms with E-state index in [0.717, 1.165) is 11.3 Å². The first-order valence-corrected chi connectivity index (χ1v) is 5.84. The van der Waals surface area contributed by atoms with Gasteiger partial charge in [0, 0.05) is 18.7 Å². The molecule has 0 radical (unpaired) electrons. The Morgan fingerprint density at radius 3 is 2.44 bits per heavy atom. The lowest BCUT2D eigenvalue weighted by Gasteiger charge is -2.10. The summed E-state index contributed by atoms with van der Waals surface area (Å²) in [5.41, 5.74) is 8.87. The fourth-order valence-corrected chi connectivity index (χ4v) is 1.64. The van der Waals surface area contributed by atoms with Crippen LogP contribution >= 0.6 is 0 Å². The molecule has 2 rings (SSSR count). The van der Waals surface area contributed by atoms with Crippen LogP contribution in [0.3, 0.4) is 0 Å². The first-order valence-electron chi connectivity index (χ1n) is 5.84. The van der Waals surface area contributed by atoms with E-state index < -0.39 is 0 Å². The molecule has 4 heteroatoms. The van der Waals surface area contributed by atoms with E-state index in [1.807, 2.05) is 31.2 Å². The van der Waals surface area contributed by atoms with Crippen LogP contribution in [-0.2, 0) is 4.74 Å². The number of aryl methyl sites for hydroxylation is 1. The second-order valence-electron chi connectivity index (χ2n) is 4.28. The molecule has 94 valence electrons. The van der Waals surface area contributed by atoms with Gasteiger partial charge in [0.1, 0.15) is 11.9 Å². The molecule has 0 aliphatic carbocycles. The topological polar surface area (TPSA) is 61.0 Å². The number of aromatic nitrogens is 2. The van der Waals surface area contributed by atoms with Crippen molar-refractivity contribution in [3.05, 3.63) is 41.7 Å². The third-order valence-corrected chi connectivity index (χ3v) is 2.83. The number of hydrogen-bond acceptors (Lipinski definition) is 4. The van der Waals surface area contributed by atoms with E-state index >= 15 is 0 Å². The Morgan fingerprint density at radius 2 is 1.83 bits per heavy atom. The van der Waals surface area contributed by atoms with Gasteiger partial charge < -0.3 is 10.5 Å². The Morgan fingerprint density at radius 1 is 1.17 bits per heavy atom. The van der Waals surface area contributed by atoms with Crippen LogP contribution < -0.4 is 5.73 Å². The first kappa shape index (κ1) is 12.5. The van der Waals surface area contributed by atoms with E-state index in [-0.39, 0.29) is 6.10 Å². The van der Waals surface area contributed by atoms with Crippen LogP contribution in [0.25, 0.3) is 11.3 Å². The van der Waals surface area contributed by atoms with Gasteiger partial charge in [-0.15, -0.1) is 0 Å². The standard InChI is InChI=1S/C14H17N3O/c1-9-4-6-11(7-5-9)12-8-13(15)17-14(16-12)10(2)18-3/h4-8,10H,1-3H3,(H2,15,16,17)/t10-/m1/s1. The molecule has 0 unspecified atom stereocenters. The zero-order valence-corrected chi connectivity index (χ0v) is 10.8. The number of benzene rings is 1. The lowest BCUT2D eigenvalue weighted by molar-refractivity contribution is 0.112. The third-order valence-electron chi connectivity index (χ3n) is 2.83. The maximum Gasteiger partial charge on any atom is 0.159 e. The number of nitrogens with two attached hydrogens (primary N) is 1. The normalized spacial score (nSPS) is 12.4. The highest BCUT2D eigenvalue weighted by molar-refractivity contribution is 5.62. The van der Waals surface area contributed by atoms with Crippen LogP contribution in [0.1, 0.15) is 24.4 Å². The molecule has 0 spiro atoms. The fraction of sp³-hybridized carbons (Fsp3) is 0.286. The zero-order valence-electron chi connectivity index (χ0n) is 10.8. The first-order chi connectivity index (χ1) is 8.60. The van der Waals surface area contributed by atoms with E-state index in [1.165, 1.54) is 5.56 Å². The summed E-state index contributed by atoms with van der Waals surface area (Å²) in [6, 6.07) is 9.92. The fourth-order valence-electron chi connectivity index (χ4n) is 1.64. The number of nitrogens with zero attached hydrogens (tertiary/aromatic N) is 2. The van der Waals surface area contributed by atoms with Gasteiger partial charge in [-0.2, -0.15) is 0 Å². The van der Waals surface area contributed by atoms with E-state index in [9.17, 15) is 0 Å². The summed E-state index contributed by atoms with van der Waals surface area (Å²) in [5.74, 6) is 1.06. The molecule has 0 amide bonds. The maximum atomic E-state index is 5.81. The number of ether oxygens (including phenoxy) is 1. The summed E-state index contributed by atoms with van der Waals surface area (Å²) < 4.78 is 5.22. The minimum absolute atomic E-state index is 0.169. The highest BCUT2D eigenvalue weighted by Gasteiger charge is 2.10. The van der Waals surface area contributed by atoms with Crippen molar-refractivity contribution in [3.63, 3.8) is 0 Å². The van der Waals surface area contributed by atoms with Gasteiger partial charge in [-0.05, 0) is 13.8 Å². The summed E-state index contributed by atoms with van der Waals surface area (Å²) in [6.07, 6.45) is -0.169. The van der Waals surface area contributed by atoms with Crippen LogP contribution in [0.5, 0.6) is 0 Å². The molecule has 18 heavy (non-hydrogen) atoms. The summed E-state index contributed by atoms with van der Waals surface area (Å²) >= 11 is 0. The summed E-state index contributed by atoms with van der Waals surface area (Å²) in [6.45, 7) is 3.95. The van der Waals surface area contributed by atoms with Gasteiger partial charge in [0.25, 0.3) is 0 Å². The third kappa shape index (κ3) is 2.65. The van der Waals surface area contributed by atoms with Gasteiger partial charge >= 0.3 is 0 Å². The van der Waals surface area contributed by atoms with E-state index in [4.69, 9.17) is 10.5 Å². The molecule has 2 aromatic rings. The van der Waals surface area contributed by atoms with Gasteiger partial charge in [0.2, 0.25) is 0 Å². The maximum absolute atomic E-state index is 5.81. The number of rotatable bonds is 3. The highest BCUT2D eigenvalue weighted by atomic mass is 16.5.